The third-order valence-electron chi connectivity index (χ3n) is 10.5. The summed E-state index contributed by atoms with van der Waals surface area (Å²) in [6.45, 7) is 8.27. The lowest BCUT2D eigenvalue weighted by Gasteiger charge is -2.15. The zero-order valence-corrected chi connectivity index (χ0v) is 35.6. The standard InChI is InChI=1S/C30H32FNO5S.C13H19BrO2S.2CH4/c1-17-10-19(6-4-5-9-38(3,35)36)11-18(2)27(17)20-7-8-25(31)22(12-20)16-37-26-14-21-13-23-28(24(21)15-32-26)29(23)30(33)34;1-10-8-12(9-11(2)13(10)14)6-4-5-7-17(3,15)16;;/h7-8,10-12,14-15,23,28-29H,4-6,9,13,16H2,1-3H3,(H,33,34);8-9H,4-7H2,1-3H3;2*1H4/t23-,28-,29+;;;/m1.../s1. The molecule has 0 radical (unpaired) electrons. The number of benzene rings is 3. The topological polar surface area (TPSA) is 128 Å². The minimum atomic E-state index is -2.94. The Morgan fingerprint density at radius 3 is 1.86 bits per heavy atom. The lowest BCUT2D eigenvalue weighted by atomic mass is 9.91. The number of hydrogen-bond acceptors (Lipinski definition) is 7. The molecule has 1 aromatic heterocycles. The van der Waals surface area contributed by atoms with Crippen LogP contribution in [0.5, 0.6) is 5.88 Å². The number of carboxylic acids is 1. The van der Waals surface area contributed by atoms with Gasteiger partial charge in [0.15, 0.2) is 0 Å². The maximum absolute atomic E-state index is 14.7. The molecule has 12 heteroatoms. The largest absolute Gasteiger partial charge is 0.481 e. The van der Waals surface area contributed by atoms with Gasteiger partial charge in [-0.05, 0) is 146 Å². The van der Waals surface area contributed by atoms with Crippen LogP contribution < -0.4 is 4.74 Å². The van der Waals surface area contributed by atoms with Crippen molar-refractivity contribution in [1.82, 2.24) is 4.98 Å². The molecule has 1 fully saturated rings. The highest BCUT2D eigenvalue weighted by molar-refractivity contribution is 9.10. The Balaban J connectivity index is 0.000000389. The second kappa shape index (κ2) is 19.9. The Bertz CT molecular complexity index is 2250. The van der Waals surface area contributed by atoms with Crippen LogP contribution in [0.1, 0.15) is 96.5 Å². The van der Waals surface area contributed by atoms with Crippen LogP contribution in [0, 0.1) is 45.3 Å². The summed E-state index contributed by atoms with van der Waals surface area (Å²) in [5.41, 5.74) is 11.6. The van der Waals surface area contributed by atoms with Crippen LogP contribution in [0.15, 0.2) is 59.2 Å². The van der Waals surface area contributed by atoms with Crippen molar-refractivity contribution in [2.75, 3.05) is 24.0 Å². The molecule has 0 aliphatic heterocycles. The van der Waals surface area contributed by atoms with Gasteiger partial charge in [-0.25, -0.2) is 26.2 Å². The smallest absolute Gasteiger partial charge is 0.307 e. The van der Waals surface area contributed by atoms with Crippen LogP contribution in [0.4, 0.5) is 4.39 Å². The minimum Gasteiger partial charge on any atom is -0.481 e. The first-order valence-corrected chi connectivity index (χ1v) is 23.6. The molecule has 2 aliphatic carbocycles. The predicted octanol–water partition coefficient (Wildman–Crippen LogP) is 10.1. The lowest BCUT2D eigenvalue weighted by Crippen LogP contribution is -2.06. The third kappa shape index (κ3) is 12.9. The second-order valence-corrected chi connectivity index (χ2v) is 20.7. The molecule has 3 atom stereocenters. The molecule has 312 valence electrons. The number of nitrogens with zero attached hydrogens (tertiary/aromatic N) is 1. The summed E-state index contributed by atoms with van der Waals surface area (Å²) in [6, 6.07) is 15.5. The van der Waals surface area contributed by atoms with Gasteiger partial charge in [0.25, 0.3) is 0 Å². The summed E-state index contributed by atoms with van der Waals surface area (Å²) >= 11 is 3.54. The van der Waals surface area contributed by atoms with Crippen LogP contribution in [0.25, 0.3) is 11.1 Å². The van der Waals surface area contributed by atoms with Gasteiger partial charge in [-0.2, -0.15) is 0 Å². The number of carbonyl (C=O) groups is 1. The van der Waals surface area contributed by atoms with E-state index in [-0.39, 0.29) is 50.8 Å². The highest BCUT2D eigenvalue weighted by atomic mass is 79.9. The van der Waals surface area contributed by atoms with Crippen molar-refractivity contribution in [3.8, 4) is 17.0 Å². The van der Waals surface area contributed by atoms with Crippen LogP contribution in [-0.2, 0) is 50.3 Å². The number of unbranched alkanes of at least 4 members (excludes halogenated alkanes) is 2. The molecule has 0 bridgehead atoms. The van der Waals surface area contributed by atoms with Gasteiger partial charge in [-0.1, -0.05) is 61.1 Å². The number of halogens is 2. The number of rotatable bonds is 15. The number of pyridine rings is 1. The van der Waals surface area contributed by atoms with Gasteiger partial charge >= 0.3 is 5.97 Å². The first-order chi connectivity index (χ1) is 25.8. The normalized spacial score (nSPS) is 16.6. The number of aryl methyl sites for hydroxylation is 6. The van der Waals surface area contributed by atoms with E-state index >= 15 is 0 Å². The number of hydrogen-bond donors (Lipinski definition) is 1. The number of fused-ring (bicyclic) bond motifs is 3. The summed E-state index contributed by atoms with van der Waals surface area (Å²) in [4.78, 5) is 15.7. The summed E-state index contributed by atoms with van der Waals surface area (Å²) in [7, 11) is -5.75. The van der Waals surface area contributed by atoms with E-state index in [2.05, 4.69) is 59.0 Å². The maximum atomic E-state index is 14.7. The fourth-order valence-electron chi connectivity index (χ4n) is 7.90. The quantitative estimate of drug-likeness (QED) is 0.117. The Morgan fingerprint density at radius 2 is 1.35 bits per heavy atom. The molecule has 3 aromatic carbocycles. The van der Waals surface area contributed by atoms with E-state index in [1.807, 2.05) is 26.0 Å². The first-order valence-electron chi connectivity index (χ1n) is 18.7. The molecule has 1 heterocycles. The molecule has 0 spiro atoms. The SMILES string of the molecule is C.C.Cc1cc(CCCCS(C)(=O)=O)cc(C)c1-c1ccc(F)c(COc2cc3c(cn2)[C@H]2[C@@H](C3)[C@@H]2C(=O)O)c1.Cc1cc(CCCCS(C)(=O)=O)cc(C)c1Br. The number of ether oxygens (including phenoxy) is 1. The van der Waals surface area contributed by atoms with Crippen LogP contribution in [-0.4, -0.2) is 56.9 Å². The average Bonchev–Trinajstić information content (AvgIpc) is 3.68. The van der Waals surface area contributed by atoms with Crippen molar-refractivity contribution in [2.45, 2.75) is 100 Å². The van der Waals surface area contributed by atoms with E-state index in [1.54, 1.807) is 12.3 Å². The fourth-order valence-corrected chi connectivity index (χ4v) is 9.58. The molecule has 1 N–H and O–H groups in total. The Kier molecular flexibility index (Phi) is 16.7. The van der Waals surface area contributed by atoms with Crippen LogP contribution >= 0.6 is 15.9 Å². The zero-order chi connectivity index (χ0) is 40.2. The minimum absolute atomic E-state index is 0. The van der Waals surface area contributed by atoms with Crippen molar-refractivity contribution in [3.63, 3.8) is 0 Å². The number of aromatic nitrogens is 1. The number of carboxylic acid groups (broad SMARTS) is 1. The van der Waals surface area contributed by atoms with E-state index < -0.39 is 25.6 Å². The molecule has 0 unspecified atom stereocenters. The van der Waals surface area contributed by atoms with Gasteiger partial charge in [0.1, 0.15) is 32.1 Å². The van der Waals surface area contributed by atoms with Crippen molar-refractivity contribution < 1.29 is 35.9 Å². The van der Waals surface area contributed by atoms with Gasteiger partial charge in [0, 0.05) is 52.2 Å². The van der Waals surface area contributed by atoms with Crippen LogP contribution in [0.2, 0.25) is 0 Å². The molecule has 6 rings (SSSR count). The predicted molar refractivity (Wildman–Crippen MR) is 233 cm³/mol. The van der Waals surface area contributed by atoms with Gasteiger partial charge in [0.05, 0.1) is 5.92 Å². The lowest BCUT2D eigenvalue weighted by molar-refractivity contribution is -0.139. The molecule has 0 amide bonds. The Labute approximate surface area is 348 Å². The number of aliphatic carboxylic acids is 1. The highest BCUT2D eigenvalue weighted by Gasteiger charge is 2.60. The Hall–Kier alpha value is -3.61. The molecule has 1 saturated carbocycles. The van der Waals surface area contributed by atoms with E-state index in [4.69, 9.17) is 4.74 Å². The van der Waals surface area contributed by atoms with Gasteiger partial charge in [0.2, 0.25) is 5.88 Å². The van der Waals surface area contributed by atoms with Gasteiger partial charge in [-0.15, -0.1) is 0 Å². The van der Waals surface area contributed by atoms with Crippen molar-refractivity contribution in [1.29, 1.82) is 0 Å². The molecule has 8 nitrogen and oxygen atoms in total. The van der Waals surface area contributed by atoms with Gasteiger partial charge in [-0.3, -0.25) is 4.79 Å². The summed E-state index contributed by atoms with van der Waals surface area (Å²) in [5, 5.41) is 9.30. The monoisotopic (exact) mass is 887 g/mol. The van der Waals surface area contributed by atoms with Crippen molar-refractivity contribution >= 4 is 41.6 Å². The summed E-state index contributed by atoms with van der Waals surface area (Å²) in [6.07, 6.45) is 9.86. The molecule has 57 heavy (non-hydrogen) atoms. The summed E-state index contributed by atoms with van der Waals surface area (Å²) in [5.74, 6) is -0.270. The molecular formula is C45H59BrFNO7S2. The van der Waals surface area contributed by atoms with Crippen LogP contribution in [0.3, 0.4) is 0 Å². The van der Waals surface area contributed by atoms with Crippen molar-refractivity contribution in [2.24, 2.45) is 11.8 Å². The Morgan fingerprint density at radius 1 is 0.825 bits per heavy atom. The van der Waals surface area contributed by atoms with Crippen molar-refractivity contribution in [3.05, 3.63) is 115 Å². The number of sulfone groups is 2. The van der Waals surface area contributed by atoms with E-state index in [1.165, 1.54) is 35.3 Å². The molecule has 0 saturated heterocycles. The second-order valence-electron chi connectivity index (χ2n) is 15.4. The third-order valence-corrected chi connectivity index (χ3v) is 13.8. The van der Waals surface area contributed by atoms with E-state index in [0.717, 1.165) is 75.5 Å². The van der Waals surface area contributed by atoms with Gasteiger partial charge < -0.3 is 9.84 Å². The average molecular weight is 889 g/mol. The van der Waals surface area contributed by atoms with E-state index in [9.17, 15) is 31.1 Å². The van der Waals surface area contributed by atoms with E-state index in [0.29, 0.717) is 30.0 Å². The first kappa shape index (κ1) is 47.8. The summed E-state index contributed by atoms with van der Waals surface area (Å²) < 4.78 is 66.4. The highest BCUT2D eigenvalue weighted by Crippen LogP contribution is 2.61. The molecular weight excluding hydrogens is 830 g/mol. The fraction of sp³-hybridized carbons (Fsp3) is 0.467. The molecule has 4 aromatic rings. The maximum Gasteiger partial charge on any atom is 0.307 e. The molecule has 2 aliphatic rings. The zero-order valence-electron chi connectivity index (χ0n) is 32.4.